The molecule has 35 heavy (non-hydrogen) atoms. The Morgan fingerprint density at radius 1 is 1.23 bits per heavy atom. The molecule has 11 heteroatoms. The van der Waals surface area contributed by atoms with E-state index in [2.05, 4.69) is 10.2 Å². The second kappa shape index (κ2) is 9.69. The Labute approximate surface area is 197 Å². The fourth-order valence-corrected chi connectivity index (χ4v) is 3.89. The van der Waals surface area contributed by atoms with Gasteiger partial charge in [-0.3, -0.25) is 19.3 Å². The summed E-state index contributed by atoms with van der Waals surface area (Å²) in [5.74, 6) is -6.10. The monoisotopic (exact) mass is 482 g/mol. The van der Waals surface area contributed by atoms with Crippen molar-refractivity contribution in [1.82, 2.24) is 5.32 Å². The van der Waals surface area contributed by atoms with E-state index < -0.39 is 47.9 Å². The van der Waals surface area contributed by atoms with Gasteiger partial charge in [0, 0.05) is 17.3 Å². The van der Waals surface area contributed by atoms with Crippen molar-refractivity contribution in [2.45, 2.75) is 19.0 Å². The Kier molecular flexibility index (Phi) is 6.92. The third-order valence-corrected chi connectivity index (χ3v) is 5.47. The van der Waals surface area contributed by atoms with E-state index in [1.54, 1.807) is 0 Å². The molecule has 0 spiro atoms. The first-order valence-corrected chi connectivity index (χ1v) is 10.1. The van der Waals surface area contributed by atoms with Crippen LogP contribution in [0, 0.1) is 23.8 Å². The first-order valence-electron chi connectivity index (χ1n) is 10.1. The number of nitrogens with zero attached hydrogens (tertiary/aromatic N) is 3. The van der Waals surface area contributed by atoms with Gasteiger partial charge in [-0.25, -0.2) is 4.85 Å². The number of rotatable bonds is 5. The van der Waals surface area contributed by atoms with E-state index in [0.717, 1.165) is 23.1 Å². The zero-order chi connectivity index (χ0) is 25.9. The number of aliphatic carboxylic acids is 1. The molecule has 2 atom stereocenters. The molecule has 2 N–H and O–H groups in total. The number of halogens is 3. The first kappa shape index (κ1) is 25.0. The minimum atomic E-state index is -4.70. The molecule has 0 saturated heterocycles. The molecule has 1 heterocycles. The summed E-state index contributed by atoms with van der Waals surface area (Å²) in [5, 5.41) is 20.1. The first-order chi connectivity index (χ1) is 16.5. The number of alkyl halides is 3. The normalized spacial score (nSPS) is 18.0. The lowest BCUT2D eigenvalue weighted by atomic mass is 9.78. The highest BCUT2D eigenvalue weighted by Crippen LogP contribution is 2.43. The quantitative estimate of drug-likeness (QED) is 0.499. The third-order valence-electron chi connectivity index (χ3n) is 5.47. The number of benzene rings is 2. The molecule has 0 aromatic heterocycles. The lowest BCUT2D eigenvalue weighted by Gasteiger charge is -2.38. The number of nitrogens with one attached hydrogen (secondary N) is 1. The number of amides is 2. The van der Waals surface area contributed by atoms with Gasteiger partial charge < -0.3 is 10.4 Å². The molecule has 0 aliphatic carbocycles. The zero-order valence-electron chi connectivity index (χ0n) is 18.1. The fraction of sp³-hybridized carbons (Fsp3) is 0.208. The standard InChI is InChI=1S/C24H17F3N4O4/c1-13-21(29-2)19(15-8-6-14(11-28)7-9-15)20(22(34)30-12-18(32)33)23(35)31(13)17-5-3-4-16(10-17)24(25,26)27/h3-10,19-20H,12H2,1H3,(H,30,34)(H,32,33). The predicted octanol–water partition coefficient (Wildman–Crippen LogP) is 3.68. The Balaban J connectivity index is 2.21. The molecule has 2 aromatic rings. The Morgan fingerprint density at radius 2 is 1.89 bits per heavy atom. The SMILES string of the molecule is [C-]#[N+]C1=C(C)N(c2cccc(C(F)(F)F)c2)C(=O)C(C(=O)NCC(=O)O)C1c1ccc(C#N)cc1. The van der Waals surface area contributed by atoms with Gasteiger partial charge in [0.1, 0.15) is 12.5 Å². The van der Waals surface area contributed by atoms with Gasteiger partial charge in [0.15, 0.2) is 5.70 Å². The van der Waals surface area contributed by atoms with Gasteiger partial charge in [-0.1, -0.05) is 18.2 Å². The van der Waals surface area contributed by atoms with Crippen molar-refractivity contribution in [3.05, 3.63) is 88.0 Å². The highest BCUT2D eigenvalue weighted by Gasteiger charge is 2.47. The molecule has 0 fully saturated rings. The van der Waals surface area contributed by atoms with Crippen LogP contribution in [0.25, 0.3) is 4.85 Å². The van der Waals surface area contributed by atoms with Gasteiger partial charge in [-0.05, 0) is 42.8 Å². The second-order valence-electron chi connectivity index (χ2n) is 7.60. The number of carbonyl (C=O) groups excluding carboxylic acids is 2. The minimum absolute atomic E-state index is 0.0287. The molecule has 0 bridgehead atoms. The average molecular weight is 482 g/mol. The molecule has 1 aliphatic heterocycles. The van der Waals surface area contributed by atoms with Gasteiger partial charge in [0.2, 0.25) is 11.8 Å². The minimum Gasteiger partial charge on any atom is -0.480 e. The van der Waals surface area contributed by atoms with Crippen LogP contribution < -0.4 is 10.2 Å². The van der Waals surface area contributed by atoms with Crippen LogP contribution in [0.15, 0.2) is 59.9 Å². The van der Waals surface area contributed by atoms with Crippen LogP contribution in [0.4, 0.5) is 18.9 Å². The molecule has 2 unspecified atom stereocenters. The Bertz CT molecular complexity index is 1300. The van der Waals surface area contributed by atoms with E-state index in [1.165, 1.54) is 37.3 Å². The summed E-state index contributed by atoms with van der Waals surface area (Å²) in [7, 11) is 0. The smallest absolute Gasteiger partial charge is 0.416 e. The van der Waals surface area contributed by atoms with Crippen molar-refractivity contribution in [2.24, 2.45) is 5.92 Å². The van der Waals surface area contributed by atoms with Crippen LogP contribution in [0.5, 0.6) is 0 Å². The summed E-state index contributed by atoms with van der Waals surface area (Å²) in [6.07, 6.45) is -4.70. The van der Waals surface area contributed by atoms with Crippen LogP contribution in [-0.2, 0) is 20.6 Å². The van der Waals surface area contributed by atoms with Crippen molar-refractivity contribution < 1.29 is 32.7 Å². The number of allylic oxidation sites excluding steroid dienone is 2. The maximum atomic E-state index is 13.6. The molecule has 1 aliphatic rings. The van der Waals surface area contributed by atoms with Crippen molar-refractivity contribution in [3.63, 3.8) is 0 Å². The van der Waals surface area contributed by atoms with E-state index in [9.17, 15) is 27.6 Å². The topological polar surface area (TPSA) is 115 Å². The number of nitriles is 1. The molecular formula is C24H17F3N4O4. The van der Waals surface area contributed by atoms with Gasteiger partial charge in [0.25, 0.3) is 0 Å². The fourth-order valence-electron chi connectivity index (χ4n) is 3.89. The van der Waals surface area contributed by atoms with Crippen LogP contribution in [0.2, 0.25) is 0 Å². The summed E-state index contributed by atoms with van der Waals surface area (Å²) >= 11 is 0. The van der Waals surface area contributed by atoms with Gasteiger partial charge in [-0.2, -0.15) is 18.4 Å². The number of hydrogen-bond acceptors (Lipinski definition) is 4. The lowest BCUT2D eigenvalue weighted by Crippen LogP contribution is -2.50. The Morgan fingerprint density at radius 3 is 2.43 bits per heavy atom. The van der Waals surface area contributed by atoms with Gasteiger partial charge in [-0.15, -0.1) is 0 Å². The zero-order valence-corrected chi connectivity index (χ0v) is 18.1. The second-order valence-corrected chi connectivity index (χ2v) is 7.60. The summed E-state index contributed by atoms with van der Waals surface area (Å²) in [6, 6.07) is 11.6. The summed E-state index contributed by atoms with van der Waals surface area (Å²) in [5.41, 5.74) is -0.651. The summed E-state index contributed by atoms with van der Waals surface area (Å²) in [4.78, 5) is 41.9. The van der Waals surface area contributed by atoms with E-state index in [0.29, 0.717) is 11.1 Å². The third kappa shape index (κ3) is 4.99. The molecular weight excluding hydrogens is 465 g/mol. The van der Waals surface area contributed by atoms with E-state index in [1.807, 2.05) is 6.07 Å². The highest BCUT2D eigenvalue weighted by atomic mass is 19.4. The van der Waals surface area contributed by atoms with Crippen LogP contribution in [0.1, 0.15) is 29.5 Å². The molecule has 8 nitrogen and oxygen atoms in total. The number of carboxylic acid groups (broad SMARTS) is 1. The van der Waals surface area contributed by atoms with Crippen molar-refractivity contribution >= 4 is 23.5 Å². The largest absolute Gasteiger partial charge is 0.480 e. The van der Waals surface area contributed by atoms with E-state index in [-0.39, 0.29) is 17.1 Å². The predicted molar refractivity (Wildman–Crippen MR) is 116 cm³/mol. The molecule has 2 aromatic carbocycles. The van der Waals surface area contributed by atoms with Crippen LogP contribution in [0.3, 0.4) is 0 Å². The molecule has 2 amide bonds. The maximum absolute atomic E-state index is 13.6. The van der Waals surface area contributed by atoms with E-state index >= 15 is 0 Å². The average Bonchev–Trinajstić information content (AvgIpc) is 2.82. The van der Waals surface area contributed by atoms with Crippen LogP contribution in [-0.4, -0.2) is 29.4 Å². The number of carbonyl (C=O) groups is 3. The lowest BCUT2D eigenvalue weighted by molar-refractivity contribution is -0.140. The Hall–Kier alpha value is -4.64. The molecule has 0 saturated carbocycles. The maximum Gasteiger partial charge on any atom is 0.416 e. The van der Waals surface area contributed by atoms with Gasteiger partial charge >= 0.3 is 12.1 Å². The van der Waals surface area contributed by atoms with Crippen molar-refractivity contribution in [1.29, 1.82) is 5.26 Å². The number of carboxylic acids is 1. The summed E-state index contributed by atoms with van der Waals surface area (Å²) in [6.45, 7) is 8.30. The molecule has 0 radical (unpaired) electrons. The molecule has 3 rings (SSSR count). The number of anilines is 1. The van der Waals surface area contributed by atoms with E-state index in [4.69, 9.17) is 16.9 Å². The highest BCUT2D eigenvalue weighted by molar-refractivity contribution is 6.12. The summed E-state index contributed by atoms with van der Waals surface area (Å²) < 4.78 is 39.9. The number of hydrogen-bond donors (Lipinski definition) is 2. The van der Waals surface area contributed by atoms with Crippen molar-refractivity contribution in [2.75, 3.05) is 11.4 Å². The van der Waals surface area contributed by atoms with Gasteiger partial charge in [0.05, 0.1) is 23.8 Å². The van der Waals surface area contributed by atoms with Crippen molar-refractivity contribution in [3.8, 4) is 6.07 Å². The van der Waals surface area contributed by atoms with Crippen LogP contribution >= 0.6 is 0 Å². The molecule has 178 valence electrons.